The largest absolute Gasteiger partial charge is 0.479 e. The Morgan fingerprint density at radius 3 is 1.62 bits per heavy atom. The van der Waals surface area contributed by atoms with Crippen molar-refractivity contribution in [3.8, 4) is 0 Å². The van der Waals surface area contributed by atoms with Gasteiger partial charge in [0.25, 0.3) is 0 Å². The van der Waals surface area contributed by atoms with Crippen LogP contribution in [0.15, 0.2) is 0 Å². The van der Waals surface area contributed by atoms with Crippen molar-refractivity contribution in [2.75, 3.05) is 13.2 Å². The number of carbonyl (C=O) groups is 1. The quantitative estimate of drug-likeness (QED) is 0.189. The van der Waals surface area contributed by atoms with Gasteiger partial charge in [-0.1, -0.05) is 0 Å². The van der Waals surface area contributed by atoms with Gasteiger partial charge in [0.2, 0.25) is 0 Å². The third-order valence-electron chi connectivity index (χ3n) is 4.97. The Morgan fingerprint density at radius 2 is 1.14 bits per heavy atom. The van der Waals surface area contributed by atoms with E-state index in [9.17, 15) is 40.5 Å². The maximum absolute atomic E-state index is 10.9. The second-order valence-electron chi connectivity index (χ2n) is 6.98. The molecule has 1 unspecified atom stereocenters. The van der Waals surface area contributed by atoms with Gasteiger partial charge in [-0.25, -0.2) is 4.79 Å². The molecule has 0 aromatic carbocycles. The van der Waals surface area contributed by atoms with Gasteiger partial charge in [-0.15, -0.1) is 0 Å². The van der Waals surface area contributed by atoms with Crippen molar-refractivity contribution >= 4 is 5.97 Å². The molecular weight excluding hydrogens is 404 g/mol. The molecule has 3 aliphatic rings. The van der Waals surface area contributed by atoms with Crippen LogP contribution in [-0.4, -0.2) is 134 Å². The molecule has 0 radical (unpaired) electrons. The number of carboxylic acids is 1. The predicted octanol–water partition coefficient (Wildman–Crippen LogP) is -5.56. The molecule has 0 aliphatic carbocycles. The molecule has 0 saturated carbocycles. The van der Waals surface area contributed by atoms with Crippen LogP contribution in [0.5, 0.6) is 0 Å². The van der Waals surface area contributed by atoms with E-state index in [2.05, 4.69) is 0 Å². The van der Waals surface area contributed by atoms with Gasteiger partial charge in [-0.2, -0.15) is 0 Å². The summed E-state index contributed by atoms with van der Waals surface area (Å²) in [6, 6.07) is 0. The standard InChI is InChI=1S/C15H24O14/c16-5-3(27-13(24)8(5)19)1-25-14-9(20)6(17)4(28-14)2-26-15-10(21)7(18)11(29-15)12(22)23/h3-11,13-21,24H,1-2H2,(H,22,23)/t3-,4-,5-,6-,7+,8-,9-,10-,11+,13?,14+,15-/m1/s1. The molecule has 0 spiro atoms. The molecule has 14 nitrogen and oxygen atoms in total. The van der Waals surface area contributed by atoms with Crippen molar-refractivity contribution in [1.29, 1.82) is 0 Å². The highest BCUT2D eigenvalue weighted by Gasteiger charge is 2.50. The SMILES string of the molecule is O=C(O)[C@H]1O[C@@H](OC[C@H]2O[C@H](OC[C@H]3OC(O)[C@H](O)[C@@H]3O)[C@H](O)[C@@H]2O)[C@H](O)[C@@H]1O. The lowest BCUT2D eigenvalue weighted by atomic mass is 10.1. The molecular formula is C15H24O14. The predicted molar refractivity (Wildman–Crippen MR) is 83.8 cm³/mol. The number of ether oxygens (including phenoxy) is 5. The summed E-state index contributed by atoms with van der Waals surface area (Å²) in [6.07, 6.45) is -17.7. The highest BCUT2D eigenvalue weighted by molar-refractivity contribution is 5.73. The second kappa shape index (κ2) is 9.01. The first kappa shape index (κ1) is 22.7. The molecule has 3 aliphatic heterocycles. The van der Waals surface area contributed by atoms with Gasteiger partial charge < -0.3 is 64.5 Å². The Bertz CT molecular complexity index is 575. The van der Waals surface area contributed by atoms with Gasteiger partial charge in [0.05, 0.1) is 13.2 Å². The Balaban J connectivity index is 1.48. The average Bonchev–Trinajstić information content (AvgIpc) is 3.21. The summed E-state index contributed by atoms with van der Waals surface area (Å²) < 4.78 is 25.5. The molecule has 0 amide bonds. The lowest BCUT2D eigenvalue weighted by molar-refractivity contribution is -0.216. The maximum Gasteiger partial charge on any atom is 0.335 e. The molecule has 0 aromatic heterocycles. The van der Waals surface area contributed by atoms with Crippen LogP contribution >= 0.6 is 0 Å². The van der Waals surface area contributed by atoms with E-state index in [-0.39, 0.29) is 6.61 Å². The fourth-order valence-corrected chi connectivity index (χ4v) is 3.22. The second-order valence-corrected chi connectivity index (χ2v) is 6.98. The fourth-order valence-electron chi connectivity index (χ4n) is 3.22. The number of carboxylic acid groups (broad SMARTS) is 1. The smallest absolute Gasteiger partial charge is 0.335 e. The Kier molecular flexibility index (Phi) is 7.04. The number of aliphatic hydroxyl groups excluding tert-OH is 7. The number of aliphatic carboxylic acids is 1. The van der Waals surface area contributed by atoms with E-state index >= 15 is 0 Å². The van der Waals surface area contributed by atoms with Gasteiger partial charge in [-0.3, -0.25) is 0 Å². The van der Waals surface area contributed by atoms with Crippen molar-refractivity contribution in [3.63, 3.8) is 0 Å². The molecule has 12 atom stereocenters. The molecule has 168 valence electrons. The van der Waals surface area contributed by atoms with Crippen LogP contribution in [-0.2, 0) is 28.5 Å². The van der Waals surface area contributed by atoms with E-state index in [4.69, 9.17) is 28.8 Å². The summed E-state index contributed by atoms with van der Waals surface area (Å²) in [5, 5.41) is 76.8. The Hall–Kier alpha value is -1.01. The van der Waals surface area contributed by atoms with E-state index in [1.807, 2.05) is 0 Å². The third-order valence-corrected chi connectivity index (χ3v) is 4.97. The van der Waals surface area contributed by atoms with Gasteiger partial charge in [-0.05, 0) is 0 Å². The van der Waals surface area contributed by atoms with Crippen LogP contribution in [0.1, 0.15) is 0 Å². The van der Waals surface area contributed by atoms with Crippen molar-refractivity contribution in [3.05, 3.63) is 0 Å². The van der Waals surface area contributed by atoms with Crippen molar-refractivity contribution in [1.82, 2.24) is 0 Å². The molecule has 0 bridgehead atoms. The summed E-state index contributed by atoms with van der Waals surface area (Å²) in [6.45, 7) is -0.826. The van der Waals surface area contributed by atoms with E-state index in [1.54, 1.807) is 0 Å². The van der Waals surface area contributed by atoms with E-state index < -0.39 is 86.4 Å². The number of rotatable bonds is 7. The molecule has 3 saturated heterocycles. The minimum atomic E-state index is -1.71. The summed E-state index contributed by atoms with van der Waals surface area (Å²) in [5.74, 6) is -1.49. The molecule has 0 aromatic rings. The Labute approximate surface area is 163 Å². The van der Waals surface area contributed by atoms with E-state index in [1.165, 1.54) is 0 Å². The summed E-state index contributed by atoms with van der Waals surface area (Å²) in [5.41, 5.74) is 0. The normalized spacial score (nSPS) is 50.3. The van der Waals surface area contributed by atoms with Gasteiger partial charge in [0.15, 0.2) is 25.0 Å². The lowest BCUT2D eigenvalue weighted by Crippen LogP contribution is -2.39. The van der Waals surface area contributed by atoms with Crippen molar-refractivity contribution in [2.45, 2.75) is 73.8 Å². The number of hydrogen-bond donors (Lipinski definition) is 8. The topological polar surface area (TPSA) is 225 Å². The van der Waals surface area contributed by atoms with Crippen molar-refractivity contribution < 1.29 is 69.3 Å². The van der Waals surface area contributed by atoms with Crippen LogP contribution in [0.4, 0.5) is 0 Å². The highest BCUT2D eigenvalue weighted by Crippen LogP contribution is 2.27. The molecule has 3 fully saturated rings. The molecule has 3 rings (SSSR count). The minimum absolute atomic E-state index is 0.381. The first-order valence-corrected chi connectivity index (χ1v) is 8.80. The summed E-state index contributed by atoms with van der Waals surface area (Å²) in [4.78, 5) is 10.9. The first-order valence-electron chi connectivity index (χ1n) is 8.80. The first-order chi connectivity index (χ1) is 13.6. The number of hydrogen-bond acceptors (Lipinski definition) is 13. The van der Waals surface area contributed by atoms with Crippen LogP contribution < -0.4 is 0 Å². The zero-order valence-corrected chi connectivity index (χ0v) is 14.9. The zero-order valence-electron chi connectivity index (χ0n) is 14.9. The van der Waals surface area contributed by atoms with Crippen LogP contribution in [0.2, 0.25) is 0 Å². The minimum Gasteiger partial charge on any atom is -0.479 e. The summed E-state index contributed by atoms with van der Waals surface area (Å²) in [7, 11) is 0. The van der Waals surface area contributed by atoms with E-state index in [0.29, 0.717) is 0 Å². The summed E-state index contributed by atoms with van der Waals surface area (Å²) >= 11 is 0. The van der Waals surface area contributed by atoms with E-state index in [0.717, 1.165) is 0 Å². The molecule has 8 N–H and O–H groups in total. The van der Waals surface area contributed by atoms with Crippen molar-refractivity contribution in [2.24, 2.45) is 0 Å². The van der Waals surface area contributed by atoms with Gasteiger partial charge >= 0.3 is 5.97 Å². The third kappa shape index (κ3) is 4.53. The monoisotopic (exact) mass is 428 g/mol. The Morgan fingerprint density at radius 1 is 0.655 bits per heavy atom. The van der Waals surface area contributed by atoms with Crippen LogP contribution in [0.3, 0.4) is 0 Å². The molecule has 29 heavy (non-hydrogen) atoms. The maximum atomic E-state index is 10.9. The highest BCUT2D eigenvalue weighted by atomic mass is 16.7. The molecule has 3 heterocycles. The zero-order chi connectivity index (χ0) is 21.5. The number of aliphatic hydroxyl groups is 7. The van der Waals surface area contributed by atoms with Crippen LogP contribution in [0.25, 0.3) is 0 Å². The van der Waals surface area contributed by atoms with Gasteiger partial charge in [0, 0.05) is 0 Å². The molecule has 14 heteroatoms. The average molecular weight is 428 g/mol. The lowest BCUT2D eigenvalue weighted by Gasteiger charge is -2.20. The fraction of sp³-hybridized carbons (Fsp3) is 0.933. The van der Waals surface area contributed by atoms with Crippen LogP contribution in [0, 0.1) is 0 Å². The van der Waals surface area contributed by atoms with Gasteiger partial charge in [0.1, 0.15) is 48.8 Å².